The highest BCUT2D eigenvalue weighted by Crippen LogP contribution is 2.39. The van der Waals surface area contributed by atoms with Gasteiger partial charge in [0.25, 0.3) is 0 Å². The lowest BCUT2D eigenvalue weighted by atomic mass is 10.0. The van der Waals surface area contributed by atoms with Crippen molar-refractivity contribution >= 4 is 11.4 Å². The molecule has 118 valence electrons. The zero-order valence-electron chi connectivity index (χ0n) is 10.2. The number of halogens is 8. The molecule has 22 heavy (non-hydrogen) atoms. The van der Waals surface area contributed by atoms with Gasteiger partial charge in [-0.25, -0.2) is 35.1 Å². The molecule has 10 heteroatoms. The van der Waals surface area contributed by atoms with Crippen molar-refractivity contribution < 1.29 is 35.1 Å². The minimum Gasteiger partial charge on any atom is -0.394 e. The molecule has 0 bridgehead atoms. The van der Waals surface area contributed by atoms with E-state index in [0.29, 0.717) is 0 Å². The van der Waals surface area contributed by atoms with Crippen molar-refractivity contribution in [1.29, 1.82) is 0 Å². The Morgan fingerprint density at radius 3 is 0.727 bits per heavy atom. The largest absolute Gasteiger partial charge is 0.394 e. The maximum Gasteiger partial charge on any atom is 0.185 e. The summed E-state index contributed by atoms with van der Waals surface area (Å²) >= 11 is 0. The van der Waals surface area contributed by atoms with Gasteiger partial charge in [0.2, 0.25) is 0 Å². The van der Waals surface area contributed by atoms with E-state index in [1.807, 2.05) is 0 Å². The third-order valence-corrected chi connectivity index (χ3v) is 2.84. The van der Waals surface area contributed by atoms with E-state index in [4.69, 9.17) is 11.5 Å². The van der Waals surface area contributed by atoms with Crippen LogP contribution >= 0.6 is 0 Å². The van der Waals surface area contributed by atoms with Gasteiger partial charge in [0, 0.05) is 0 Å². The molecule has 0 amide bonds. The summed E-state index contributed by atoms with van der Waals surface area (Å²) in [5, 5.41) is 0. The van der Waals surface area contributed by atoms with Gasteiger partial charge in [-0.05, 0) is 0 Å². The number of rotatable bonds is 1. The molecule has 0 saturated heterocycles. The number of anilines is 2. The number of hydrogen-bond acceptors (Lipinski definition) is 2. The molecule has 2 nitrogen and oxygen atoms in total. The first-order valence-corrected chi connectivity index (χ1v) is 5.34. The van der Waals surface area contributed by atoms with E-state index in [1.54, 1.807) is 0 Å². The topological polar surface area (TPSA) is 52.0 Å². The van der Waals surface area contributed by atoms with Gasteiger partial charge in [-0.15, -0.1) is 0 Å². The number of nitrogens with two attached hydrogens (primary N) is 2. The fraction of sp³-hybridized carbons (Fsp3) is 0. The molecular formula is C12H4F8N2. The van der Waals surface area contributed by atoms with Crippen molar-refractivity contribution in [3.05, 3.63) is 46.5 Å². The second kappa shape index (κ2) is 5.04. The molecule has 0 atom stereocenters. The fourth-order valence-electron chi connectivity index (χ4n) is 1.74. The minimum atomic E-state index is -2.32. The van der Waals surface area contributed by atoms with E-state index in [9.17, 15) is 35.1 Å². The summed E-state index contributed by atoms with van der Waals surface area (Å²) < 4.78 is 108. The molecule has 0 unspecified atom stereocenters. The van der Waals surface area contributed by atoms with Crippen molar-refractivity contribution in [2.24, 2.45) is 0 Å². The number of benzene rings is 2. The summed E-state index contributed by atoms with van der Waals surface area (Å²) in [4.78, 5) is 0. The fourth-order valence-corrected chi connectivity index (χ4v) is 1.74. The summed E-state index contributed by atoms with van der Waals surface area (Å²) in [6.07, 6.45) is 0. The van der Waals surface area contributed by atoms with Crippen molar-refractivity contribution in [3.63, 3.8) is 0 Å². The molecule has 0 fully saturated rings. The van der Waals surface area contributed by atoms with E-state index >= 15 is 0 Å². The predicted octanol–water partition coefficient (Wildman–Crippen LogP) is 3.63. The summed E-state index contributed by atoms with van der Waals surface area (Å²) in [6.45, 7) is 0. The molecule has 0 radical (unpaired) electrons. The molecule has 2 aromatic rings. The summed E-state index contributed by atoms with van der Waals surface area (Å²) in [5.41, 5.74) is 2.23. The minimum absolute atomic E-state index is 1.60. The second-order valence-corrected chi connectivity index (χ2v) is 4.09. The number of hydrogen-bond donors (Lipinski definition) is 2. The Hall–Kier alpha value is -2.52. The Morgan fingerprint density at radius 2 is 0.545 bits per heavy atom. The van der Waals surface area contributed by atoms with Crippen LogP contribution in [0.5, 0.6) is 0 Å². The van der Waals surface area contributed by atoms with Crippen LogP contribution in [-0.2, 0) is 0 Å². The van der Waals surface area contributed by atoms with Crippen molar-refractivity contribution in [2.75, 3.05) is 11.5 Å². The van der Waals surface area contributed by atoms with Crippen LogP contribution in [0.25, 0.3) is 11.1 Å². The Morgan fingerprint density at radius 1 is 0.364 bits per heavy atom. The quantitative estimate of drug-likeness (QED) is 0.477. The first-order chi connectivity index (χ1) is 10.1. The van der Waals surface area contributed by atoms with E-state index < -0.39 is 69.0 Å². The lowest BCUT2D eigenvalue weighted by molar-refractivity contribution is 0.447. The molecule has 0 heterocycles. The van der Waals surface area contributed by atoms with Gasteiger partial charge in [0.1, 0.15) is 11.4 Å². The third-order valence-electron chi connectivity index (χ3n) is 2.84. The third kappa shape index (κ3) is 1.94. The Balaban J connectivity index is 3.03. The summed E-state index contributed by atoms with van der Waals surface area (Å²) in [6, 6.07) is 0. The maximum atomic E-state index is 13.6. The van der Waals surface area contributed by atoms with Crippen LogP contribution in [0.4, 0.5) is 46.5 Å². The van der Waals surface area contributed by atoms with Crippen LogP contribution in [0.15, 0.2) is 0 Å². The van der Waals surface area contributed by atoms with E-state index in [1.165, 1.54) is 0 Å². The highest BCUT2D eigenvalue weighted by atomic mass is 19.2. The summed E-state index contributed by atoms with van der Waals surface area (Å²) in [5.74, 6) is -18.0. The van der Waals surface area contributed by atoms with Crippen LogP contribution in [0.2, 0.25) is 0 Å². The molecule has 0 aliphatic carbocycles. The number of nitrogen functional groups attached to an aromatic ring is 2. The lowest BCUT2D eigenvalue weighted by Crippen LogP contribution is -2.10. The molecule has 0 aliphatic heterocycles. The van der Waals surface area contributed by atoms with Gasteiger partial charge in [-0.3, -0.25) is 0 Å². The van der Waals surface area contributed by atoms with Gasteiger partial charge < -0.3 is 11.5 Å². The average molecular weight is 328 g/mol. The van der Waals surface area contributed by atoms with Gasteiger partial charge in [-0.1, -0.05) is 0 Å². The Bertz CT molecular complexity index is 677. The second-order valence-electron chi connectivity index (χ2n) is 4.09. The maximum absolute atomic E-state index is 13.6. The molecule has 0 aromatic heterocycles. The Labute approximate surface area is 116 Å². The highest BCUT2D eigenvalue weighted by Gasteiger charge is 2.32. The van der Waals surface area contributed by atoms with Gasteiger partial charge in [0.05, 0.1) is 11.1 Å². The molecule has 4 N–H and O–H groups in total. The zero-order chi connectivity index (χ0) is 16.9. The monoisotopic (exact) mass is 328 g/mol. The highest BCUT2D eigenvalue weighted by molar-refractivity contribution is 5.71. The van der Waals surface area contributed by atoms with Crippen LogP contribution in [0.1, 0.15) is 0 Å². The molecule has 2 aromatic carbocycles. The van der Waals surface area contributed by atoms with Crippen LogP contribution in [0.3, 0.4) is 0 Å². The molecule has 2 rings (SSSR count). The molecule has 0 saturated carbocycles. The van der Waals surface area contributed by atoms with Crippen molar-refractivity contribution in [1.82, 2.24) is 0 Å². The average Bonchev–Trinajstić information content (AvgIpc) is 2.50. The van der Waals surface area contributed by atoms with Gasteiger partial charge in [0.15, 0.2) is 46.5 Å². The van der Waals surface area contributed by atoms with E-state index in [0.717, 1.165) is 0 Å². The SMILES string of the molecule is Nc1c(F)c(F)c(-c2c(F)c(F)c(N)c(F)c2F)c(F)c1F. The Kier molecular flexibility index (Phi) is 3.63. The van der Waals surface area contributed by atoms with Crippen LogP contribution in [-0.4, -0.2) is 0 Å². The first kappa shape index (κ1) is 15.9. The van der Waals surface area contributed by atoms with Crippen LogP contribution in [0, 0.1) is 46.5 Å². The van der Waals surface area contributed by atoms with E-state index in [2.05, 4.69) is 0 Å². The zero-order valence-corrected chi connectivity index (χ0v) is 10.2. The lowest BCUT2D eigenvalue weighted by Gasteiger charge is -2.13. The smallest absolute Gasteiger partial charge is 0.185 e. The van der Waals surface area contributed by atoms with Crippen molar-refractivity contribution in [2.45, 2.75) is 0 Å². The van der Waals surface area contributed by atoms with Crippen molar-refractivity contribution in [3.8, 4) is 11.1 Å². The molecule has 0 aliphatic rings. The van der Waals surface area contributed by atoms with Gasteiger partial charge in [-0.2, -0.15) is 0 Å². The predicted molar refractivity (Wildman–Crippen MR) is 60.4 cm³/mol. The normalized spacial score (nSPS) is 11.1. The van der Waals surface area contributed by atoms with Gasteiger partial charge >= 0.3 is 0 Å². The first-order valence-electron chi connectivity index (χ1n) is 5.34. The molecule has 0 spiro atoms. The summed E-state index contributed by atoms with van der Waals surface area (Å²) in [7, 11) is 0. The molecular weight excluding hydrogens is 324 g/mol. The standard InChI is InChI=1S/C12H4F8N2/c13-3-1(4(14)8(18)11(21)7(3)17)2-5(15)9(19)12(22)10(20)6(2)16/h21-22H2. The van der Waals surface area contributed by atoms with E-state index in [-0.39, 0.29) is 0 Å². The van der Waals surface area contributed by atoms with Crippen LogP contribution < -0.4 is 11.5 Å².